The summed E-state index contributed by atoms with van der Waals surface area (Å²) in [4.78, 5) is 24.5. The van der Waals surface area contributed by atoms with E-state index >= 15 is 0 Å². The monoisotopic (exact) mass is 268 g/mol. The van der Waals surface area contributed by atoms with Crippen LogP contribution in [0.25, 0.3) is 0 Å². The number of amides is 2. The van der Waals surface area contributed by atoms with Crippen LogP contribution in [-0.2, 0) is 9.59 Å². The molecule has 1 aliphatic heterocycles. The van der Waals surface area contributed by atoms with Gasteiger partial charge in [-0.25, -0.2) is 0 Å². The van der Waals surface area contributed by atoms with Crippen molar-refractivity contribution in [2.75, 3.05) is 29.2 Å². The van der Waals surface area contributed by atoms with Crippen molar-refractivity contribution in [1.82, 2.24) is 0 Å². The Balaban J connectivity index is 2.31. The number of carbonyl (C=O) groups excluding carboxylic acids is 2. The van der Waals surface area contributed by atoms with Crippen molar-refractivity contribution in [3.05, 3.63) is 18.2 Å². The predicted molar refractivity (Wildman–Crippen MR) is 69.3 cm³/mol. The number of fused-ring (bicyclic) bond motifs is 1. The number of hydrogen-bond donors (Lipinski definition) is 1. The van der Waals surface area contributed by atoms with Gasteiger partial charge in [0.15, 0.2) is 6.61 Å². The maximum Gasteiger partial charge on any atom is 0.265 e. The average molecular weight is 269 g/mol. The lowest BCUT2D eigenvalue weighted by Gasteiger charge is -2.28. The van der Waals surface area contributed by atoms with Crippen molar-refractivity contribution < 1.29 is 14.3 Å². The van der Waals surface area contributed by atoms with E-state index in [2.05, 4.69) is 5.32 Å². The van der Waals surface area contributed by atoms with Gasteiger partial charge >= 0.3 is 0 Å². The molecule has 6 heteroatoms. The Kier molecular flexibility index (Phi) is 3.72. The number of hydrogen-bond acceptors (Lipinski definition) is 3. The third-order valence-corrected chi connectivity index (χ3v) is 2.87. The predicted octanol–water partition coefficient (Wildman–Crippen LogP) is 1.61. The fraction of sp³-hybridized carbons (Fsp3) is 0.333. The third-order valence-electron chi connectivity index (χ3n) is 2.62. The number of halogens is 1. The van der Waals surface area contributed by atoms with Crippen molar-refractivity contribution in [3.8, 4) is 5.75 Å². The highest BCUT2D eigenvalue weighted by molar-refractivity contribution is 6.29. The van der Waals surface area contributed by atoms with Gasteiger partial charge in [0, 0.05) is 12.2 Å². The zero-order chi connectivity index (χ0) is 13.1. The summed E-state index contributed by atoms with van der Waals surface area (Å²) in [6.07, 6.45) is 0. The summed E-state index contributed by atoms with van der Waals surface area (Å²) >= 11 is 5.42. The van der Waals surface area contributed by atoms with Crippen LogP contribution in [0.5, 0.6) is 5.75 Å². The van der Waals surface area contributed by atoms with Crippen molar-refractivity contribution in [2.45, 2.75) is 6.92 Å². The maximum absolute atomic E-state index is 11.7. The number of benzene rings is 1. The van der Waals surface area contributed by atoms with Crippen molar-refractivity contribution in [1.29, 1.82) is 0 Å². The van der Waals surface area contributed by atoms with Crippen LogP contribution < -0.4 is 15.0 Å². The summed E-state index contributed by atoms with van der Waals surface area (Å²) in [6, 6.07) is 5.15. The average Bonchev–Trinajstić information content (AvgIpc) is 2.38. The van der Waals surface area contributed by atoms with E-state index in [9.17, 15) is 9.59 Å². The molecule has 2 rings (SSSR count). The molecule has 1 aromatic rings. The molecule has 18 heavy (non-hydrogen) atoms. The zero-order valence-corrected chi connectivity index (χ0v) is 10.7. The van der Waals surface area contributed by atoms with Crippen LogP contribution in [0.3, 0.4) is 0 Å². The molecule has 2 amide bonds. The Labute approximate surface area is 110 Å². The number of rotatable bonds is 3. The molecule has 5 nitrogen and oxygen atoms in total. The second kappa shape index (κ2) is 5.27. The number of alkyl halides is 1. The highest BCUT2D eigenvalue weighted by Crippen LogP contribution is 2.34. The number of nitrogens with one attached hydrogen (secondary N) is 1. The van der Waals surface area contributed by atoms with Gasteiger partial charge in [0.05, 0.1) is 5.69 Å². The summed E-state index contributed by atoms with van der Waals surface area (Å²) in [5.41, 5.74) is 1.26. The first-order chi connectivity index (χ1) is 8.65. The number of carbonyl (C=O) groups is 2. The third kappa shape index (κ3) is 2.41. The van der Waals surface area contributed by atoms with Crippen LogP contribution in [0.1, 0.15) is 6.92 Å². The molecule has 0 unspecified atom stereocenters. The molecular weight excluding hydrogens is 256 g/mol. The van der Waals surface area contributed by atoms with Gasteiger partial charge in [0.2, 0.25) is 5.91 Å². The molecule has 0 aliphatic carbocycles. The van der Waals surface area contributed by atoms with Crippen molar-refractivity contribution in [3.63, 3.8) is 0 Å². The van der Waals surface area contributed by atoms with Gasteiger partial charge in [-0.1, -0.05) is 0 Å². The number of nitrogens with zero attached hydrogens (tertiary/aromatic N) is 1. The molecule has 0 fully saturated rings. The van der Waals surface area contributed by atoms with Gasteiger partial charge in [0.25, 0.3) is 5.91 Å². The van der Waals surface area contributed by atoms with E-state index in [-0.39, 0.29) is 24.3 Å². The number of likely N-dealkylation sites (N-methyl/N-ethyl adjacent to an activating group) is 1. The van der Waals surface area contributed by atoms with E-state index < -0.39 is 0 Å². The summed E-state index contributed by atoms with van der Waals surface area (Å²) < 4.78 is 5.32. The molecule has 96 valence electrons. The molecule has 0 saturated carbocycles. The van der Waals surface area contributed by atoms with Gasteiger partial charge in [-0.2, -0.15) is 0 Å². The minimum absolute atomic E-state index is 0.0498. The Morgan fingerprint density at radius 3 is 3.00 bits per heavy atom. The molecule has 0 aromatic heterocycles. The first-order valence-corrected chi connectivity index (χ1v) is 6.12. The smallest absolute Gasteiger partial charge is 0.265 e. The molecule has 0 saturated heterocycles. The molecule has 1 heterocycles. The first-order valence-electron chi connectivity index (χ1n) is 5.58. The molecule has 0 radical (unpaired) electrons. The van der Waals surface area contributed by atoms with Crippen LogP contribution >= 0.6 is 11.6 Å². The molecular formula is C12H13ClN2O3. The van der Waals surface area contributed by atoms with Crippen LogP contribution in [0.2, 0.25) is 0 Å². The van der Waals surface area contributed by atoms with Gasteiger partial charge in [0.1, 0.15) is 11.6 Å². The van der Waals surface area contributed by atoms with E-state index in [0.717, 1.165) is 0 Å². The summed E-state index contributed by atoms with van der Waals surface area (Å²) in [5, 5.41) is 2.64. The summed E-state index contributed by atoms with van der Waals surface area (Å²) in [7, 11) is 0. The lowest BCUT2D eigenvalue weighted by Crippen LogP contribution is -2.38. The fourth-order valence-corrected chi connectivity index (χ4v) is 1.89. The number of ether oxygens (including phenoxy) is 1. The van der Waals surface area contributed by atoms with Gasteiger partial charge in [-0.3, -0.25) is 9.59 Å². The SMILES string of the molecule is CCN1C(=O)COc2ccc(NC(=O)CCl)cc21. The number of anilines is 2. The molecule has 0 bridgehead atoms. The summed E-state index contributed by atoms with van der Waals surface area (Å²) in [5.74, 6) is 0.151. The van der Waals surface area contributed by atoms with Gasteiger partial charge in [-0.15, -0.1) is 11.6 Å². The van der Waals surface area contributed by atoms with Crippen molar-refractivity contribution >= 4 is 34.8 Å². The quantitative estimate of drug-likeness (QED) is 0.848. The van der Waals surface area contributed by atoms with E-state index in [4.69, 9.17) is 16.3 Å². The van der Waals surface area contributed by atoms with Crippen LogP contribution in [0, 0.1) is 0 Å². The molecule has 1 N–H and O–H groups in total. The normalized spacial score (nSPS) is 13.9. The molecule has 1 aromatic carbocycles. The fourth-order valence-electron chi connectivity index (χ4n) is 1.82. The van der Waals surface area contributed by atoms with Crippen LogP contribution in [-0.4, -0.2) is 30.8 Å². The minimum Gasteiger partial charge on any atom is -0.482 e. The van der Waals surface area contributed by atoms with E-state index in [1.54, 1.807) is 23.1 Å². The summed E-state index contributed by atoms with van der Waals surface area (Å²) in [6.45, 7) is 2.49. The van der Waals surface area contributed by atoms with Gasteiger partial charge < -0.3 is 15.0 Å². The zero-order valence-electron chi connectivity index (χ0n) is 9.90. The molecule has 1 aliphatic rings. The van der Waals surface area contributed by atoms with Crippen LogP contribution in [0.4, 0.5) is 11.4 Å². The second-order valence-electron chi connectivity index (χ2n) is 3.79. The lowest BCUT2D eigenvalue weighted by molar-refractivity contribution is -0.121. The van der Waals surface area contributed by atoms with E-state index in [1.165, 1.54) is 0 Å². The minimum atomic E-state index is -0.289. The maximum atomic E-state index is 11.7. The van der Waals surface area contributed by atoms with E-state index in [1.807, 2.05) is 6.92 Å². The topological polar surface area (TPSA) is 58.6 Å². The van der Waals surface area contributed by atoms with E-state index in [0.29, 0.717) is 23.7 Å². The Hall–Kier alpha value is -1.75. The standard InChI is InChI=1S/C12H13ClN2O3/c1-2-15-9-5-8(14-11(16)6-13)3-4-10(9)18-7-12(15)17/h3-5H,2,6-7H2,1H3,(H,14,16). The lowest BCUT2D eigenvalue weighted by atomic mass is 10.2. The molecule has 0 atom stereocenters. The Morgan fingerprint density at radius 2 is 2.33 bits per heavy atom. The first kappa shape index (κ1) is 12.7. The molecule has 0 spiro atoms. The van der Waals surface area contributed by atoms with Crippen LogP contribution in [0.15, 0.2) is 18.2 Å². The highest BCUT2D eigenvalue weighted by atomic mass is 35.5. The Bertz CT molecular complexity index is 490. The second-order valence-corrected chi connectivity index (χ2v) is 4.06. The van der Waals surface area contributed by atoms with Crippen molar-refractivity contribution in [2.24, 2.45) is 0 Å². The van der Waals surface area contributed by atoms with Gasteiger partial charge in [-0.05, 0) is 25.1 Å². The largest absolute Gasteiger partial charge is 0.482 e. The Morgan fingerprint density at radius 1 is 1.56 bits per heavy atom. The highest BCUT2D eigenvalue weighted by Gasteiger charge is 2.24.